The fourth-order valence-corrected chi connectivity index (χ4v) is 3.19. The Labute approximate surface area is 167 Å². The van der Waals surface area contributed by atoms with Gasteiger partial charge >= 0.3 is 0 Å². The van der Waals surface area contributed by atoms with Gasteiger partial charge in [0.1, 0.15) is 18.0 Å². The number of ether oxygens (including phenoxy) is 1. The number of aliphatic hydroxyl groups is 1. The van der Waals surface area contributed by atoms with Crippen molar-refractivity contribution >= 4 is 28.1 Å². The standard InChI is InChI=1S/C20H21N7O2/c21-9-17-20(29-14-4-5-22-10-14)27-19(12-24-17)26-18-8-13-2-1-3-16(23-6-7-28)15(13)11-25-18/h1-3,8,11-12,14,22-23,28H,4-7,10H2,(H,25,26,27)/t14-/m1/s1. The molecule has 0 bridgehead atoms. The van der Waals surface area contributed by atoms with Crippen molar-refractivity contribution in [3.05, 3.63) is 42.4 Å². The fraction of sp³-hybridized carbons (Fsp3) is 0.300. The third-order valence-electron chi connectivity index (χ3n) is 4.59. The van der Waals surface area contributed by atoms with Gasteiger partial charge in [0, 0.05) is 30.4 Å². The number of hydrogen-bond acceptors (Lipinski definition) is 9. The minimum Gasteiger partial charge on any atom is -0.471 e. The molecule has 3 aromatic rings. The zero-order chi connectivity index (χ0) is 20.1. The molecule has 4 N–H and O–H groups in total. The van der Waals surface area contributed by atoms with E-state index in [2.05, 4.69) is 30.9 Å². The summed E-state index contributed by atoms with van der Waals surface area (Å²) in [5.41, 5.74) is 1.07. The van der Waals surface area contributed by atoms with Crippen LogP contribution >= 0.6 is 0 Å². The molecule has 9 heteroatoms. The summed E-state index contributed by atoms with van der Waals surface area (Å²) in [6, 6.07) is 9.79. The zero-order valence-electron chi connectivity index (χ0n) is 15.7. The van der Waals surface area contributed by atoms with Crippen molar-refractivity contribution in [2.75, 3.05) is 36.9 Å². The third kappa shape index (κ3) is 4.34. The summed E-state index contributed by atoms with van der Waals surface area (Å²) in [6.45, 7) is 2.14. The van der Waals surface area contributed by atoms with Crippen LogP contribution < -0.4 is 20.7 Å². The Hall–Kier alpha value is -3.48. The van der Waals surface area contributed by atoms with Crippen LogP contribution in [-0.4, -0.2) is 52.4 Å². The molecule has 4 rings (SSSR count). The first-order chi connectivity index (χ1) is 14.3. The Kier molecular flexibility index (Phi) is 5.65. The van der Waals surface area contributed by atoms with Crippen LogP contribution in [-0.2, 0) is 0 Å². The lowest BCUT2D eigenvalue weighted by Crippen LogP contribution is -2.21. The van der Waals surface area contributed by atoms with Gasteiger partial charge in [-0.2, -0.15) is 10.2 Å². The normalized spacial score (nSPS) is 15.8. The highest BCUT2D eigenvalue weighted by atomic mass is 16.5. The molecular weight excluding hydrogens is 370 g/mol. The smallest absolute Gasteiger partial charge is 0.253 e. The predicted molar refractivity (Wildman–Crippen MR) is 109 cm³/mol. The molecule has 0 radical (unpaired) electrons. The van der Waals surface area contributed by atoms with Crippen molar-refractivity contribution < 1.29 is 9.84 Å². The molecule has 0 amide bonds. The van der Waals surface area contributed by atoms with E-state index in [1.54, 1.807) is 6.20 Å². The van der Waals surface area contributed by atoms with E-state index in [0.717, 1.165) is 36.0 Å². The first-order valence-electron chi connectivity index (χ1n) is 9.42. The number of nitriles is 1. The quantitative estimate of drug-likeness (QED) is 0.476. The summed E-state index contributed by atoms with van der Waals surface area (Å²) in [6.07, 6.45) is 4.10. The van der Waals surface area contributed by atoms with Gasteiger partial charge < -0.3 is 25.8 Å². The van der Waals surface area contributed by atoms with Crippen LogP contribution in [0.1, 0.15) is 12.1 Å². The summed E-state index contributed by atoms with van der Waals surface area (Å²) in [5, 5.41) is 29.8. The summed E-state index contributed by atoms with van der Waals surface area (Å²) < 4.78 is 5.85. The van der Waals surface area contributed by atoms with Crippen molar-refractivity contribution in [2.45, 2.75) is 12.5 Å². The number of hydrogen-bond donors (Lipinski definition) is 4. The third-order valence-corrected chi connectivity index (χ3v) is 4.59. The van der Waals surface area contributed by atoms with Crippen molar-refractivity contribution in [3.63, 3.8) is 0 Å². The number of benzene rings is 1. The lowest BCUT2D eigenvalue weighted by Gasteiger charge is -2.14. The summed E-state index contributed by atoms with van der Waals surface area (Å²) >= 11 is 0. The van der Waals surface area contributed by atoms with Gasteiger partial charge in [-0.05, 0) is 30.5 Å². The molecule has 1 aliphatic rings. The second kappa shape index (κ2) is 8.68. The molecule has 29 heavy (non-hydrogen) atoms. The first kappa shape index (κ1) is 18.9. The Morgan fingerprint density at radius 1 is 1.28 bits per heavy atom. The van der Waals surface area contributed by atoms with Gasteiger partial charge in [0.25, 0.3) is 5.88 Å². The largest absolute Gasteiger partial charge is 0.471 e. The average molecular weight is 391 g/mol. The van der Waals surface area contributed by atoms with E-state index in [-0.39, 0.29) is 24.3 Å². The number of anilines is 3. The van der Waals surface area contributed by atoms with Crippen LogP contribution in [0.3, 0.4) is 0 Å². The van der Waals surface area contributed by atoms with E-state index < -0.39 is 0 Å². The van der Waals surface area contributed by atoms with Gasteiger partial charge in [-0.3, -0.25) is 0 Å². The Bertz CT molecular complexity index is 1040. The van der Waals surface area contributed by atoms with Gasteiger partial charge in [-0.25, -0.2) is 9.97 Å². The fourth-order valence-electron chi connectivity index (χ4n) is 3.19. The van der Waals surface area contributed by atoms with Crippen LogP contribution in [0, 0.1) is 11.3 Å². The van der Waals surface area contributed by atoms with Crippen LogP contribution in [0.2, 0.25) is 0 Å². The molecule has 0 aliphatic carbocycles. The Balaban J connectivity index is 1.57. The minimum absolute atomic E-state index is 0.0183. The number of fused-ring (bicyclic) bond motifs is 1. The van der Waals surface area contributed by atoms with Crippen LogP contribution in [0.5, 0.6) is 5.88 Å². The van der Waals surface area contributed by atoms with E-state index in [9.17, 15) is 5.26 Å². The predicted octanol–water partition coefficient (Wildman–Crippen LogP) is 1.78. The minimum atomic E-state index is -0.0183. The number of nitrogens with one attached hydrogen (secondary N) is 3. The average Bonchev–Trinajstić information content (AvgIpc) is 3.25. The van der Waals surface area contributed by atoms with Gasteiger partial charge in [-0.15, -0.1) is 0 Å². The van der Waals surface area contributed by atoms with E-state index in [1.807, 2.05) is 30.3 Å². The number of aromatic nitrogens is 3. The molecule has 1 aliphatic heterocycles. The molecule has 0 unspecified atom stereocenters. The van der Waals surface area contributed by atoms with E-state index in [0.29, 0.717) is 18.2 Å². The lowest BCUT2D eigenvalue weighted by atomic mass is 10.1. The summed E-state index contributed by atoms with van der Waals surface area (Å²) in [5.74, 6) is 1.28. The highest BCUT2D eigenvalue weighted by molar-refractivity contribution is 5.94. The van der Waals surface area contributed by atoms with Crippen LogP contribution in [0.4, 0.5) is 17.3 Å². The first-order valence-corrected chi connectivity index (χ1v) is 9.42. The zero-order valence-corrected chi connectivity index (χ0v) is 15.7. The van der Waals surface area contributed by atoms with Gasteiger partial charge in [0.15, 0.2) is 5.82 Å². The molecule has 1 fully saturated rings. The van der Waals surface area contributed by atoms with Gasteiger partial charge in [0.05, 0.1) is 12.8 Å². The van der Waals surface area contributed by atoms with Crippen LogP contribution in [0.15, 0.2) is 36.7 Å². The highest BCUT2D eigenvalue weighted by Crippen LogP contribution is 2.26. The van der Waals surface area contributed by atoms with Crippen molar-refractivity contribution in [1.29, 1.82) is 5.26 Å². The second-order valence-electron chi connectivity index (χ2n) is 6.63. The van der Waals surface area contributed by atoms with Gasteiger partial charge in [-0.1, -0.05) is 12.1 Å². The summed E-state index contributed by atoms with van der Waals surface area (Å²) in [7, 11) is 0. The SMILES string of the molecule is N#Cc1ncc(Nc2cc3cccc(NCCO)c3cn2)nc1O[C@@H]1CCNC1. The summed E-state index contributed by atoms with van der Waals surface area (Å²) in [4.78, 5) is 13.0. The van der Waals surface area contributed by atoms with Crippen LogP contribution in [0.25, 0.3) is 10.8 Å². The van der Waals surface area contributed by atoms with E-state index in [4.69, 9.17) is 9.84 Å². The maximum Gasteiger partial charge on any atom is 0.253 e. The molecule has 3 heterocycles. The van der Waals surface area contributed by atoms with Crippen molar-refractivity contribution in [1.82, 2.24) is 20.3 Å². The topological polar surface area (TPSA) is 128 Å². The molecule has 0 spiro atoms. The maximum atomic E-state index is 9.28. The number of nitrogens with zero attached hydrogens (tertiary/aromatic N) is 4. The molecule has 2 aromatic heterocycles. The maximum absolute atomic E-state index is 9.28. The molecule has 0 saturated carbocycles. The van der Waals surface area contributed by atoms with E-state index in [1.165, 1.54) is 6.20 Å². The molecule has 148 valence electrons. The highest BCUT2D eigenvalue weighted by Gasteiger charge is 2.19. The van der Waals surface area contributed by atoms with E-state index >= 15 is 0 Å². The molecule has 1 atom stereocenters. The Morgan fingerprint density at radius 2 is 2.21 bits per heavy atom. The lowest BCUT2D eigenvalue weighted by molar-refractivity contribution is 0.212. The van der Waals surface area contributed by atoms with Gasteiger partial charge in [0.2, 0.25) is 5.69 Å². The van der Waals surface area contributed by atoms with Crippen molar-refractivity contribution in [2.24, 2.45) is 0 Å². The number of pyridine rings is 1. The molecule has 1 aromatic carbocycles. The van der Waals surface area contributed by atoms with Crippen molar-refractivity contribution in [3.8, 4) is 11.9 Å². The molecule has 1 saturated heterocycles. The second-order valence-corrected chi connectivity index (χ2v) is 6.63. The number of aliphatic hydroxyl groups excluding tert-OH is 1. The Morgan fingerprint density at radius 3 is 3.00 bits per heavy atom. The molecule has 9 nitrogen and oxygen atoms in total. The monoisotopic (exact) mass is 391 g/mol. The molecular formula is C20H21N7O2. The number of rotatable bonds is 7.